The van der Waals surface area contributed by atoms with Gasteiger partial charge in [-0.2, -0.15) is 0 Å². The first kappa shape index (κ1) is 14.8. The van der Waals surface area contributed by atoms with Crippen molar-refractivity contribution in [1.82, 2.24) is 10.6 Å². The molecule has 1 fully saturated rings. The van der Waals surface area contributed by atoms with Crippen molar-refractivity contribution in [3.8, 4) is 0 Å². The summed E-state index contributed by atoms with van der Waals surface area (Å²) in [7, 11) is 0. The molecule has 2 amide bonds. The second kappa shape index (κ2) is 6.04. The van der Waals surface area contributed by atoms with E-state index in [1.54, 1.807) is 13.8 Å². The molecule has 0 radical (unpaired) electrons. The van der Waals surface area contributed by atoms with Gasteiger partial charge in [0.2, 0.25) is 0 Å². The first-order valence-electron chi connectivity index (χ1n) is 6.39. The molecule has 18 heavy (non-hydrogen) atoms. The van der Waals surface area contributed by atoms with Crippen LogP contribution in [0.1, 0.15) is 40.0 Å². The minimum atomic E-state index is -1.19. The number of carbonyl (C=O) groups is 2. The molecule has 1 aliphatic rings. The van der Waals surface area contributed by atoms with Crippen LogP contribution in [0, 0.1) is 0 Å². The van der Waals surface area contributed by atoms with Crippen LogP contribution in [-0.2, 0) is 9.53 Å². The maximum absolute atomic E-state index is 11.8. The number of carboxylic acids is 1. The fourth-order valence-electron chi connectivity index (χ4n) is 2.13. The molecule has 1 aliphatic heterocycles. The summed E-state index contributed by atoms with van der Waals surface area (Å²) in [4.78, 5) is 23.1. The summed E-state index contributed by atoms with van der Waals surface area (Å²) in [6.45, 7) is 6.01. The zero-order chi connectivity index (χ0) is 13.8. The molecule has 0 aromatic rings. The molecule has 3 N–H and O–H groups in total. The van der Waals surface area contributed by atoms with Gasteiger partial charge >= 0.3 is 12.0 Å². The van der Waals surface area contributed by atoms with E-state index >= 15 is 0 Å². The van der Waals surface area contributed by atoms with E-state index < -0.39 is 17.5 Å². The molecule has 1 saturated heterocycles. The Morgan fingerprint density at radius 1 is 1.39 bits per heavy atom. The fourth-order valence-corrected chi connectivity index (χ4v) is 2.13. The van der Waals surface area contributed by atoms with Crippen LogP contribution in [0.2, 0.25) is 0 Å². The molecule has 1 rings (SSSR count). The van der Waals surface area contributed by atoms with Crippen molar-refractivity contribution >= 4 is 12.0 Å². The summed E-state index contributed by atoms with van der Waals surface area (Å²) < 4.78 is 5.34. The van der Waals surface area contributed by atoms with Gasteiger partial charge in [0.15, 0.2) is 0 Å². The largest absolute Gasteiger partial charge is 0.480 e. The Kier molecular flexibility index (Phi) is 4.95. The topological polar surface area (TPSA) is 87.7 Å². The van der Waals surface area contributed by atoms with Crippen LogP contribution in [0.3, 0.4) is 0 Å². The molecule has 0 spiro atoms. The molecule has 0 bridgehead atoms. The molecule has 6 nitrogen and oxygen atoms in total. The van der Waals surface area contributed by atoms with Gasteiger partial charge in [0.25, 0.3) is 0 Å². The van der Waals surface area contributed by atoms with Crippen molar-refractivity contribution in [1.29, 1.82) is 0 Å². The maximum atomic E-state index is 11.8. The van der Waals surface area contributed by atoms with E-state index in [2.05, 4.69) is 10.6 Å². The highest BCUT2D eigenvalue weighted by Gasteiger charge is 2.37. The van der Waals surface area contributed by atoms with Crippen LogP contribution in [0.4, 0.5) is 4.79 Å². The van der Waals surface area contributed by atoms with Gasteiger partial charge in [-0.1, -0.05) is 13.8 Å². The number of ether oxygens (including phenoxy) is 1. The van der Waals surface area contributed by atoms with E-state index in [1.807, 2.05) is 6.92 Å². The maximum Gasteiger partial charge on any atom is 0.329 e. The van der Waals surface area contributed by atoms with Gasteiger partial charge in [-0.3, -0.25) is 0 Å². The van der Waals surface area contributed by atoms with Crippen LogP contribution in [0.25, 0.3) is 0 Å². The van der Waals surface area contributed by atoms with Crippen molar-refractivity contribution < 1.29 is 19.4 Å². The van der Waals surface area contributed by atoms with Crippen LogP contribution >= 0.6 is 0 Å². The van der Waals surface area contributed by atoms with Gasteiger partial charge in [0, 0.05) is 6.61 Å². The van der Waals surface area contributed by atoms with Gasteiger partial charge in [-0.05, 0) is 26.2 Å². The lowest BCUT2D eigenvalue weighted by molar-refractivity contribution is -0.144. The number of hydrogen-bond donors (Lipinski definition) is 3. The number of aliphatic carboxylic acids is 1. The van der Waals surface area contributed by atoms with Crippen LogP contribution < -0.4 is 10.6 Å². The fraction of sp³-hybridized carbons (Fsp3) is 0.833. The summed E-state index contributed by atoms with van der Waals surface area (Å²) >= 11 is 0. The second-order valence-electron chi connectivity index (χ2n) is 4.66. The Bertz CT molecular complexity index is 315. The molecule has 0 aromatic heterocycles. The summed E-state index contributed by atoms with van der Waals surface area (Å²) in [6, 6.07) is -0.492. The SMILES string of the molecule is CCC(CC)(NC(=O)NC1CCOC1C)C(=O)O. The lowest BCUT2D eigenvalue weighted by Gasteiger charge is -2.29. The number of urea groups is 1. The molecule has 0 aliphatic carbocycles. The van der Waals surface area contributed by atoms with Gasteiger partial charge in [0.05, 0.1) is 12.1 Å². The third-order valence-electron chi connectivity index (χ3n) is 3.66. The van der Waals surface area contributed by atoms with Gasteiger partial charge in [0.1, 0.15) is 5.54 Å². The van der Waals surface area contributed by atoms with Crippen molar-refractivity contribution in [2.24, 2.45) is 0 Å². The van der Waals surface area contributed by atoms with Crippen molar-refractivity contribution in [3.05, 3.63) is 0 Å². The van der Waals surface area contributed by atoms with E-state index in [4.69, 9.17) is 4.74 Å². The van der Waals surface area contributed by atoms with E-state index in [0.717, 1.165) is 6.42 Å². The number of carboxylic acid groups (broad SMARTS) is 1. The Morgan fingerprint density at radius 3 is 2.39 bits per heavy atom. The first-order valence-corrected chi connectivity index (χ1v) is 6.39. The normalized spacial score (nSPS) is 23.7. The quantitative estimate of drug-likeness (QED) is 0.689. The minimum Gasteiger partial charge on any atom is -0.480 e. The second-order valence-corrected chi connectivity index (χ2v) is 4.66. The number of rotatable bonds is 5. The summed E-state index contributed by atoms with van der Waals surface area (Å²) in [5.74, 6) is -1.00. The summed E-state index contributed by atoms with van der Waals surface area (Å²) in [5, 5.41) is 14.6. The molecule has 2 atom stereocenters. The van der Waals surface area contributed by atoms with E-state index in [-0.39, 0.29) is 12.1 Å². The van der Waals surface area contributed by atoms with Crippen LogP contribution in [0.15, 0.2) is 0 Å². The molecule has 6 heteroatoms. The average Bonchev–Trinajstić information content (AvgIpc) is 2.71. The predicted octanol–water partition coefficient (Wildman–Crippen LogP) is 1.11. The van der Waals surface area contributed by atoms with E-state index in [9.17, 15) is 14.7 Å². The highest BCUT2D eigenvalue weighted by Crippen LogP contribution is 2.16. The summed E-state index contributed by atoms with van der Waals surface area (Å²) in [5.41, 5.74) is -1.19. The minimum absolute atomic E-state index is 0.0294. The Labute approximate surface area is 107 Å². The molecule has 0 aromatic carbocycles. The lowest BCUT2D eigenvalue weighted by atomic mass is 9.93. The number of carbonyl (C=O) groups excluding carboxylic acids is 1. The first-order chi connectivity index (χ1) is 8.45. The number of hydrogen-bond acceptors (Lipinski definition) is 3. The van der Waals surface area contributed by atoms with Gasteiger partial charge < -0.3 is 20.5 Å². The standard InChI is InChI=1S/C12H22N2O4/c1-4-12(5-2,10(15)16)14-11(17)13-9-6-7-18-8(9)3/h8-9H,4-7H2,1-3H3,(H,15,16)(H2,13,14,17). The van der Waals surface area contributed by atoms with Crippen LogP contribution in [0.5, 0.6) is 0 Å². The predicted molar refractivity (Wildman–Crippen MR) is 66.4 cm³/mol. The molecular formula is C12H22N2O4. The Hall–Kier alpha value is -1.30. The number of nitrogens with one attached hydrogen (secondary N) is 2. The van der Waals surface area contributed by atoms with Crippen LogP contribution in [-0.4, -0.2) is 41.4 Å². The van der Waals surface area contributed by atoms with Gasteiger partial charge in [-0.15, -0.1) is 0 Å². The smallest absolute Gasteiger partial charge is 0.329 e. The third kappa shape index (κ3) is 3.13. The van der Waals surface area contributed by atoms with Crippen molar-refractivity contribution in [2.75, 3.05) is 6.61 Å². The molecular weight excluding hydrogens is 236 g/mol. The monoisotopic (exact) mass is 258 g/mol. The molecule has 2 unspecified atom stereocenters. The Balaban J connectivity index is 2.59. The van der Waals surface area contributed by atoms with E-state index in [0.29, 0.717) is 19.4 Å². The highest BCUT2D eigenvalue weighted by atomic mass is 16.5. The molecule has 0 saturated carbocycles. The average molecular weight is 258 g/mol. The molecule has 104 valence electrons. The zero-order valence-electron chi connectivity index (χ0n) is 11.2. The number of amides is 2. The highest BCUT2D eigenvalue weighted by molar-refractivity contribution is 5.86. The van der Waals surface area contributed by atoms with Crippen molar-refractivity contribution in [2.45, 2.75) is 57.7 Å². The molecule has 1 heterocycles. The zero-order valence-corrected chi connectivity index (χ0v) is 11.2. The summed E-state index contributed by atoms with van der Waals surface area (Å²) in [6.07, 6.45) is 1.43. The van der Waals surface area contributed by atoms with Gasteiger partial charge in [-0.25, -0.2) is 9.59 Å². The van der Waals surface area contributed by atoms with Crippen molar-refractivity contribution in [3.63, 3.8) is 0 Å². The van der Waals surface area contributed by atoms with E-state index in [1.165, 1.54) is 0 Å². The lowest BCUT2D eigenvalue weighted by Crippen LogP contribution is -2.58. The third-order valence-corrected chi connectivity index (χ3v) is 3.66. The Morgan fingerprint density at radius 2 is 2.00 bits per heavy atom.